The maximum Gasteiger partial charge on any atom is 0.304 e. The van der Waals surface area contributed by atoms with Crippen LogP contribution in [0.1, 0.15) is 40.5 Å². The monoisotopic (exact) mass is 244 g/mol. The van der Waals surface area contributed by atoms with Crippen molar-refractivity contribution in [3.63, 3.8) is 0 Å². The van der Waals surface area contributed by atoms with Gasteiger partial charge in [-0.15, -0.1) is 0 Å². The molecule has 1 unspecified atom stereocenters. The van der Waals surface area contributed by atoms with Gasteiger partial charge >= 0.3 is 5.97 Å². The predicted octanol–water partition coefficient (Wildman–Crippen LogP) is 1.09. The van der Waals surface area contributed by atoms with Gasteiger partial charge in [-0.25, -0.2) is 0 Å². The normalized spacial score (nSPS) is 12.8. The zero-order chi connectivity index (χ0) is 13.4. The molecule has 0 spiro atoms. The molecule has 1 atom stereocenters. The van der Waals surface area contributed by atoms with Crippen LogP contribution >= 0.6 is 0 Å². The number of hydrogen-bond acceptors (Lipinski definition) is 3. The number of nitrogens with one attached hydrogen (secondary N) is 1. The van der Waals surface area contributed by atoms with Gasteiger partial charge in [0.15, 0.2) is 0 Å². The minimum Gasteiger partial charge on any atom is -0.481 e. The first-order chi connectivity index (χ1) is 7.90. The van der Waals surface area contributed by atoms with E-state index in [-0.39, 0.29) is 24.4 Å². The first kappa shape index (κ1) is 15.9. The summed E-state index contributed by atoms with van der Waals surface area (Å²) in [6, 6.07) is -0.141. The molecular weight excluding hydrogens is 220 g/mol. The highest BCUT2D eigenvalue weighted by Gasteiger charge is 2.23. The molecule has 0 aromatic heterocycles. The van der Waals surface area contributed by atoms with E-state index in [1.807, 2.05) is 32.6 Å². The third kappa shape index (κ3) is 6.26. The molecule has 0 aromatic carbocycles. The summed E-state index contributed by atoms with van der Waals surface area (Å²) in [6.07, 6.45) is 0.957. The standard InChI is InChI=1S/C12H24N2O3/c1-5-7-13-12(17)10(4)14(9(2)3)8-6-11(15)16/h9-10H,5-8H2,1-4H3,(H,13,17)(H,15,16). The summed E-state index contributed by atoms with van der Waals surface area (Å²) in [5.74, 6) is -0.872. The van der Waals surface area contributed by atoms with Crippen molar-refractivity contribution in [3.8, 4) is 0 Å². The SMILES string of the molecule is CCCNC(=O)C(C)N(CCC(=O)O)C(C)C. The summed E-state index contributed by atoms with van der Waals surface area (Å²) >= 11 is 0. The van der Waals surface area contributed by atoms with E-state index in [2.05, 4.69) is 5.32 Å². The van der Waals surface area contributed by atoms with Gasteiger partial charge < -0.3 is 10.4 Å². The molecule has 0 aromatic rings. The fraction of sp³-hybridized carbons (Fsp3) is 0.833. The van der Waals surface area contributed by atoms with E-state index in [1.165, 1.54) is 0 Å². The van der Waals surface area contributed by atoms with E-state index in [4.69, 9.17) is 5.11 Å². The van der Waals surface area contributed by atoms with Crippen molar-refractivity contribution in [2.45, 2.75) is 52.6 Å². The van der Waals surface area contributed by atoms with Crippen molar-refractivity contribution in [2.75, 3.05) is 13.1 Å². The molecule has 17 heavy (non-hydrogen) atoms. The minimum atomic E-state index is -0.836. The second kappa shape index (κ2) is 8.06. The Labute approximate surface area is 103 Å². The number of carboxylic acids is 1. The number of aliphatic carboxylic acids is 1. The van der Waals surface area contributed by atoms with E-state index < -0.39 is 5.97 Å². The lowest BCUT2D eigenvalue weighted by Crippen LogP contribution is -2.49. The van der Waals surface area contributed by atoms with Crippen LogP contribution in [0.15, 0.2) is 0 Å². The van der Waals surface area contributed by atoms with Crippen LogP contribution in [0.4, 0.5) is 0 Å². The summed E-state index contributed by atoms with van der Waals surface area (Å²) in [4.78, 5) is 24.3. The van der Waals surface area contributed by atoms with Crippen molar-refractivity contribution >= 4 is 11.9 Å². The number of carboxylic acid groups (broad SMARTS) is 1. The van der Waals surface area contributed by atoms with Crippen LogP contribution in [0.5, 0.6) is 0 Å². The van der Waals surface area contributed by atoms with Crippen LogP contribution in [0.2, 0.25) is 0 Å². The Morgan fingerprint density at radius 2 is 1.88 bits per heavy atom. The lowest BCUT2D eigenvalue weighted by Gasteiger charge is -2.31. The molecule has 100 valence electrons. The van der Waals surface area contributed by atoms with Gasteiger partial charge in [0.25, 0.3) is 0 Å². The van der Waals surface area contributed by atoms with Gasteiger partial charge in [0.2, 0.25) is 5.91 Å². The average molecular weight is 244 g/mol. The molecular formula is C12H24N2O3. The third-order valence-corrected chi connectivity index (χ3v) is 2.67. The number of nitrogens with zero attached hydrogens (tertiary/aromatic N) is 1. The maximum atomic E-state index is 11.8. The highest BCUT2D eigenvalue weighted by molar-refractivity contribution is 5.81. The van der Waals surface area contributed by atoms with Crippen LogP contribution < -0.4 is 5.32 Å². The number of amides is 1. The quantitative estimate of drug-likeness (QED) is 0.670. The molecule has 1 amide bonds. The zero-order valence-corrected chi connectivity index (χ0v) is 11.2. The number of rotatable bonds is 8. The largest absolute Gasteiger partial charge is 0.481 e. The first-order valence-electron chi connectivity index (χ1n) is 6.15. The van der Waals surface area contributed by atoms with E-state index in [0.29, 0.717) is 13.1 Å². The second-order valence-electron chi connectivity index (χ2n) is 4.44. The Balaban J connectivity index is 4.37. The number of carbonyl (C=O) groups is 2. The van der Waals surface area contributed by atoms with Crippen LogP contribution in [0.25, 0.3) is 0 Å². The average Bonchev–Trinajstić information content (AvgIpc) is 2.24. The molecule has 5 nitrogen and oxygen atoms in total. The lowest BCUT2D eigenvalue weighted by molar-refractivity contribution is -0.138. The molecule has 0 aliphatic heterocycles. The zero-order valence-electron chi connectivity index (χ0n) is 11.2. The number of hydrogen-bond donors (Lipinski definition) is 2. The van der Waals surface area contributed by atoms with Gasteiger partial charge in [-0.2, -0.15) is 0 Å². The van der Waals surface area contributed by atoms with Crippen LogP contribution in [-0.4, -0.2) is 47.1 Å². The van der Waals surface area contributed by atoms with Crippen LogP contribution in [-0.2, 0) is 9.59 Å². The molecule has 0 bridgehead atoms. The summed E-state index contributed by atoms with van der Waals surface area (Å²) in [5.41, 5.74) is 0. The highest BCUT2D eigenvalue weighted by atomic mass is 16.4. The minimum absolute atomic E-state index is 0.0362. The Morgan fingerprint density at radius 1 is 1.29 bits per heavy atom. The fourth-order valence-electron chi connectivity index (χ4n) is 1.67. The lowest BCUT2D eigenvalue weighted by atomic mass is 10.2. The highest BCUT2D eigenvalue weighted by Crippen LogP contribution is 2.06. The van der Waals surface area contributed by atoms with Gasteiger partial charge in [-0.1, -0.05) is 6.92 Å². The van der Waals surface area contributed by atoms with E-state index in [9.17, 15) is 9.59 Å². The summed E-state index contributed by atoms with van der Waals surface area (Å²) in [6.45, 7) is 8.79. The second-order valence-corrected chi connectivity index (χ2v) is 4.44. The van der Waals surface area contributed by atoms with Crippen molar-refractivity contribution in [1.29, 1.82) is 0 Å². The van der Waals surface area contributed by atoms with Crippen molar-refractivity contribution in [1.82, 2.24) is 10.2 Å². The van der Waals surface area contributed by atoms with Crippen molar-refractivity contribution in [2.24, 2.45) is 0 Å². The van der Waals surface area contributed by atoms with Crippen molar-refractivity contribution in [3.05, 3.63) is 0 Å². The van der Waals surface area contributed by atoms with Crippen LogP contribution in [0.3, 0.4) is 0 Å². The van der Waals surface area contributed by atoms with E-state index >= 15 is 0 Å². The summed E-state index contributed by atoms with van der Waals surface area (Å²) in [7, 11) is 0. The van der Waals surface area contributed by atoms with E-state index in [1.54, 1.807) is 0 Å². The molecule has 0 aliphatic carbocycles. The number of carbonyl (C=O) groups excluding carboxylic acids is 1. The van der Waals surface area contributed by atoms with Crippen LogP contribution in [0, 0.1) is 0 Å². The summed E-state index contributed by atoms with van der Waals surface area (Å²) in [5, 5.41) is 11.5. The Hall–Kier alpha value is -1.10. The molecule has 0 saturated carbocycles. The molecule has 0 heterocycles. The maximum absolute atomic E-state index is 11.8. The molecule has 0 saturated heterocycles. The van der Waals surface area contributed by atoms with Crippen molar-refractivity contribution < 1.29 is 14.7 Å². The van der Waals surface area contributed by atoms with Gasteiger partial charge in [-0.05, 0) is 27.2 Å². The molecule has 5 heteroatoms. The third-order valence-electron chi connectivity index (χ3n) is 2.67. The predicted molar refractivity (Wildman–Crippen MR) is 66.9 cm³/mol. The summed E-state index contributed by atoms with van der Waals surface area (Å²) < 4.78 is 0. The fourth-order valence-corrected chi connectivity index (χ4v) is 1.67. The molecule has 0 fully saturated rings. The smallest absolute Gasteiger partial charge is 0.304 e. The molecule has 0 aliphatic rings. The van der Waals surface area contributed by atoms with Gasteiger partial charge in [0, 0.05) is 19.1 Å². The van der Waals surface area contributed by atoms with Gasteiger partial charge in [-0.3, -0.25) is 14.5 Å². The Kier molecular flexibility index (Phi) is 7.54. The Bertz CT molecular complexity index is 254. The molecule has 0 rings (SSSR count). The Morgan fingerprint density at radius 3 is 2.29 bits per heavy atom. The van der Waals surface area contributed by atoms with Gasteiger partial charge in [0.1, 0.15) is 0 Å². The topological polar surface area (TPSA) is 69.6 Å². The van der Waals surface area contributed by atoms with E-state index in [0.717, 1.165) is 6.42 Å². The first-order valence-corrected chi connectivity index (χ1v) is 6.15. The molecule has 2 N–H and O–H groups in total. The molecule has 0 radical (unpaired) electrons. The van der Waals surface area contributed by atoms with Gasteiger partial charge in [0.05, 0.1) is 12.5 Å².